The van der Waals surface area contributed by atoms with Crippen LogP contribution in [0.25, 0.3) is 0 Å². The Morgan fingerprint density at radius 1 is 1.43 bits per heavy atom. The summed E-state index contributed by atoms with van der Waals surface area (Å²) in [5.41, 5.74) is -0.305. The summed E-state index contributed by atoms with van der Waals surface area (Å²) in [6.45, 7) is 1.73. The average molecular weight is 316 g/mol. The van der Waals surface area contributed by atoms with Crippen LogP contribution < -0.4 is 4.72 Å². The number of nitrogens with one attached hydrogen (secondary N) is 1. The minimum absolute atomic E-state index is 0.00985. The second-order valence-electron chi connectivity index (χ2n) is 4.44. The van der Waals surface area contributed by atoms with E-state index in [1.165, 1.54) is 24.3 Å². The zero-order valence-electron chi connectivity index (χ0n) is 11.4. The summed E-state index contributed by atoms with van der Waals surface area (Å²) in [5, 5.41) is 19.8. The highest BCUT2D eigenvalue weighted by Crippen LogP contribution is 2.20. The Morgan fingerprint density at radius 3 is 2.57 bits per heavy atom. The Bertz CT molecular complexity index is 628. The molecule has 0 saturated carbocycles. The van der Waals surface area contributed by atoms with Gasteiger partial charge >= 0.3 is 5.97 Å². The van der Waals surface area contributed by atoms with Crippen LogP contribution in [0.4, 0.5) is 5.69 Å². The number of aliphatic carboxylic acids is 1. The minimum atomic E-state index is -3.99. The van der Waals surface area contributed by atoms with E-state index >= 15 is 0 Å². The van der Waals surface area contributed by atoms with E-state index in [0.717, 1.165) is 0 Å². The van der Waals surface area contributed by atoms with Crippen molar-refractivity contribution < 1.29 is 23.2 Å². The monoisotopic (exact) mass is 316 g/mol. The maximum Gasteiger partial charge on any atom is 0.321 e. The van der Waals surface area contributed by atoms with E-state index in [9.17, 15) is 23.3 Å². The lowest BCUT2D eigenvalue weighted by Gasteiger charge is -2.13. The molecule has 0 aliphatic heterocycles. The normalized spacial score (nSPS) is 12.8. The van der Waals surface area contributed by atoms with Crippen LogP contribution in [0.2, 0.25) is 0 Å². The van der Waals surface area contributed by atoms with E-state index in [1.807, 2.05) is 0 Å². The highest BCUT2D eigenvalue weighted by molar-refractivity contribution is 7.88. The van der Waals surface area contributed by atoms with Crippen LogP contribution in [0.5, 0.6) is 0 Å². The third-order valence-electron chi connectivity index (χ3n) is 2.73. The van der Waals surface area contributed by atoms with Crippen molar-refractivity contribution in [2.75, 3.05) is 0 Å². The molecule has 0 radical (unpaired) electrons. The number of para-hydroxylation sites is 1. The van der Waals surface area contributed by atoms with E-state index in [1.54, 1.807) is 6.92 Å². The van der Waals surface area contributed by atoms with Crippen LogP contribution in [0.1, 0.15) is 25.3 Å². The Morgan fingerprint density at radius 2 is 2.05 bits per heavy atom. The van der Waals surface area contributed by atoms with E-state index in [2.05, 4.69) is 4.72 Å². The van der Waals surface area contributed by atoms with Gasteiger partial charge in [-0.3, -0.25) is 14.9 Å². The SMILES string of the molecule is CCC[C@@H](NS(=O)(=O)Cc1ccccc1[N+](=O)[O-])C(=O)O. The molecule has 0 aromatic heterocycles. The average Bonchev–Trinajstić information content (AvgIpc) is 2.37. The van der Waals surface area contributed by atoms with Gasteiger partial charge in [-0.05, 0) is 6.42 Å². The largest absolute Gasteiger partial charge is 0.480 e. The Labute approximate surface area is 122 Å². The van der Waals surface area contributed by atoms with Gasteiger partial charge in [0.05, 0.1) is 10.7 Å². The predicted molar refractivity (Wildman–Crippen MR) is 75.2 cm³/mol. The number of nitro benzene ring substituents is 1. The smallest absolute Gasteiger partial charge is 0.321 e. The molecule has 2 N–H and O–H groups in total. The van der Waals surface area contributed by atoms with E-state index in [-0.39, 0.29) is 17.7 Å². The standard InChI is InChI=1S/C12H16N2O6S/c1-2-5-10(12(15)16)13-21(19,20)8-9-6-3-4-7-11(9)14(17)18/h3-4,6-7,10,13H,2,5,8H2,1H3,(H,15,16)/t10-/m1/s1. The van der Waals surface area contributed by atoms with Crippen molar-refractivity contribution in [2.24, 2.45) is 0 Å². The van der Waals surface area contributed by atoms with E-state index in [4.69, 9.17) is 5.11 Å². The van der Waals surface area contributed by atoms with Crippen LogP contribution in [0.3, 0.4) is 0 Å². The molecule has 1 atom stereocenters. The van der Waals surface area contributed by atoms with Crippen molar-refractivity contribution in [3.63, 3.8) is 0 Å². The molecule has 0 aliphatic carbocycles. The zero-order valence-corrected chi connectivity index (χ0v) is 12.2. The summed E-state index contributed by atoms with van der Waals surface area (Å²) < 4.78 is 26.0. The number of nitrogens with zero attached hydrogens (tertiary/aromatic N) is 1. The predicted octanol–water partition coefficient (Wildman–Crippen LogP) is 1.27. The fourth-order valence-electron chi connectivity index (χ4n) is 1.80. The first kappa shape index (κ1) is 17.1. The molecule has 0 saturated heterocycles. The van der Waals surface area contributed by atoms with Gasteiger partial charge in [0.15, 0.2) is 0 Å². The van der Waals surface area contributed by atoms with Crippen molar-refractivity contribution in [1.29, 1.82) is 0 Å². The first-order valence-electron chi connectivity index (χ1n) is 6.22. The molecular formula is C12H16N2O6S. The number of benzene rings is 1. The molecule has 8 nitrogen and oxygen atoms in total. The molecule has 9 heteroatoms. The topological polar surface area (TPSA) is 127 Å². The highest BCUT2D eigenvalue weighted by atomic mass is 32.2. The van der Waals surface area contributed by atoms with Gasteiger partial charge in [-0.1, -0.05) is 31.5 Å². The van der Waals surface area contributed by atoms with Crippen molar-refractivity contribution in [3.05, 3.63) is 39.9 Å². The van der Waals surface area contributed by atoms with Gasteiger partial charge in [-0.25, -0.2) is 13.1 Å². The molecule has 1 aromatic carbocycles. The lowest BCUT2D eigenvalue weighted by Crippen LogP contribution is -2.41. The maximum atomic E-state index is 12.0. The summed E-state index contributed by atoms with van der Waals surface area (Å²) in [7, 11) is -3.99. The number of hydrogen-bond donors (Lipinski definition) is 2. The number of carbonyl (C=O) groups is 1. The Hall–Kier alpha value is -2.00. The summed E-state index contributed by atoms with van der Waals surface area (Å²) in [5.74, 6) is -1.92. The first-order chi connectivity index (χ1) is 9.76. The molecule has 0 amide bonds. The molecular weight excluding hydrogens is 300 g/mol. The summed E-state index contributed by atoms with van der Waals surface area (Å²) in [6.07, 6.45) is 0.635. The van der Waals surface area contributed by atoms with Gasteiger partial charge in [0.1, 0.15) is 6.04 Å². The molecule has 0 bridgehead atoms. The summed E-state index contributed by atoms with van der Waals surface area (Å²) >= 11 is 0. The quantitative estimate of drug-likeness (QED) is 0.549. The van der Waals surface area contributed by atoms with Crippen LogP contribution in [-0.2, 0) is 20.6 Å². The summed E-state index contributed by atoms with van der Waals surface area (Å²) in [6, 6.07) is 4.21. The number of carboxylic acid groups (broad SMARTS) is 1. The van der Waals surface area contributed by atoms with Gasteiger partial charge in [0.2, 0.25) is 10.0 Å². The molecule has 1 aromatic rings. The van der Waals surface area contributed by atoms with Crippen molar-refractivity contribution >= 4 is 21.7 Å². The molecule has 0 heterocycles. The van der Waals surface area contributed by atoms with Gasteiger partial charge in [-0.15, -0.1) is 0 Å². The van der Waals surface area contributed by atoms with Gasteiger partial charge < -0.3 is 5.11 Å². The number of carboxylic acids is 1. The van der Waals surface area contributed by atoms with Crippen LogP contribution in [-0.4, -0.2) is 30.5 Å². The highest BCUT2D eigenvalue weighted by Gasteiger charge is 2.25. The molecule has 0 aliphatic rings. The zero-order chi connectivity index (χ0) is 16.0. The molecule has 21 heavy (non-hydrogen) atoms. The molecule has 0 spiro atoms. The molecule has 116 valence electrons. The van der Waals surface area contributed by atoms with E-state index in [0.29, 0.717) is 6.42 Å². The molecule has 0 unspecified atom stereocenters. The fraction of sp³-hybridized carbons (Fsp3) is 0.417. The summed E-state index contributed by atoms with van der Waals surface area (Å²) in [4.78, 5) is 21.1. The lowest BCUT2D eigenvalue weighted by atomic mass is 10.2. The fourth-order valence-corrected chi connectivity index (χ4v) is 3.18. The van der Waals surface area contributed by atoms with Crippen LogP contribution in [0, 0.1) is 10.1 Å². The molecule has 1 rings (SSSR count). The van der Waals surface area contributed by atoms with Crippen LogP contribution in [0.15, 0.2) is 24.3 Å². The maximum absolute atomic E-state index is 12.0. The number of nitro groups is 1. The first-order valence-corrected chi connectivity index (χ1v) is 7.87. The van der Waals surface area contributed by atoms with Crippen molar-refractivity contribution in [3.8, 4) is 0 Å². The second-order valence-corrected chi connectivity index (χ2v) is 6.20. The van der Waals surface area contributed by atoms with Gasteiger partial charge in [0.25, 0.3) is 5.69 Å². The van der Waals surface area contributed by atoms with Crippen molar-refractivity contribution in [2.45, 2.75) is 31.6 Å². The third-order valence-corrected chi connectivity index (χ3v) is 4.07. The number of hydrogen-bond acceptors (Lipinski definition) is 5. The lowest BCUT2D eigenvalue weighted by molar-refractivity contribution is -0.385. The number of sulfonamides is 1. The number of rotatable bonds is 8. The molecule has 0 fully saturated rings. The van der Waals surface area contributed by atoms with E-state index < -0.39 is 32.7 Å². The van der Waals surface area contributed by atoms with Gasteiger partial charge in [0, 0.05) is 11.6 Å². The Kier molecular flexibility index (Phi) is 5.79. The minimum Gasteiger partial charge on any atom is -0.480 e. The van der Waals surface area contributed by atoms with Crippen LogP contribution >= 0.6 is 0 Å². The van der Waals surface area contributed by atoms with Gasteiger partial charge in [-0.2, -0.15) is 0 Å². The van der Waals surface area contributed by atoms with Crippen molar-refractivity contribution in [1.82, 2.24) is 4.72 Å². The Balaban J connectivity index is 2.95. The second kappa shape index (κ2) is 7.14. The third kappa shape index (κ3) is 5.12.